The Bertz CT molecular complexity index is 912. The van der Waals surface area contributed by atoms with Crippen LogP contribution in [0.15, 0.2) is 28.7 Å². The van der Waals surface area contributed by atoms with Gasteiger partial charge in [0.1, 0.15) is 12.6 Å². The van der Waals surface area contributed by atoms with Crippen LogP contribution in [-0.2, 0) is 19.9 Å². The summed E-state index contributed by atoms with van der Waals surface area (Å²) in [7, 11) is 0. The average molecular weight is 536 g/mol. The van der Waals surface area contributed by atoms with Crippen LogP contribution in [0.2, 0.25) is 0 Å². The summed E-state index contributed by atoms with van der Waals surface area (Å²) in [6, 6.07) is 1.90. The molecule has 0 aromatic heterocycles. The molecule has 1 rings (SSSR count). The fraction of sp³-hybridized carbons (Fsp3) is 0.476. The summed E-state index contributed by atoms with van der Waals surface area (Å²) in [5.41, 5.74) is 1.74. The van der Waals surface area contributed by atoms with Crippen molar-refractivity contribution in [3.05, 3.63) is 34.3 Å². The number of aliphatic hydroxyl groups is 1. The fourth-order valence-electron chi connectivity index (χ4n) is 3.01. The number of amides is 2. The maximum Gasteiger partial charge on any atom is 0.422 e. The number of nitrogens with two attached hydrogens (primary N) is 1. The first kappa shape index (κ1) is 28.4. The Morgan fingerprint density at radius 3 is 2.15 bits per heavy atom. The van der Waals surface area contributed by atoms with Crippen molar-refractivity contribution in [3.8, 4) is 11.8 Å². The van der Waals surface area contributed by atoms with Crippen molar-refractivity contribution in [2.24, 2.45) is 11.7 Å². The zero-order valence-corrected chi connectivity index (χ0v) is 19.5. The van der Waals surface area contributed by atoms with E-state index in [0.717, 1.165) is 12.1 Å². The Balaban J connectivity index is 3.53. The number of carboxylic acids is 1. The predicted molar refractivity (Wildman–Crippen MR) is 116 cm³/mol. The first-order valence-corrected chi connectivity index (χ1v) is 10.6. The number of aliphatic carboxylic acids is 1. The van der Waals surface area contributed by atoms with Crippen molar-refractivity contribution >= 4 is 33.7 Å². The maximum absolute atomic E-state index is 14.5. The maximum atomic E-state index is 14.5. The molecule has 1 aromatic rings. The fourth-order valence-corrected chi connectivity index (χ4v) is 3.28. The van der Waals surface area contributed by atoms with Crippen LogP contribution in [0.5, 0.6) is 0 Å². The van der Waals surface area contributed by atoms with E-state index < -0.39 is 54.6 Å². The number of carboxylic acid groups (broad SMARTS) is 1. The molecule has 0 aliphatic carbocycles. The van der Waals surface area contributed by atoms with Gasteiger partial charge in [0, 0.05) is 4.47 Å². The summed E-state index contributed by atoms with van der Waals surface area (Å²) < 4.78 is 43.9. The first-order chi connectivity index (χ1) is 15.2. The predicted octanol–water partition coefficient (Wildman–Crippen LogP) is 1.65. The van der Waals surface area contributed by atoms with Crippen LogP contribution < -0.4 is 16.4 Å². The quantitative estimate of drug-likeness (QED) is 0.288. The molecule has 12 heteroatoms. The molecule has 0 fully saturated rings. The number of halogens is 4. The van der Waals surface area contributed by atoms with Gasteiger partial charge in [-0.2, -0.15) is 13.2 Å². The van der Waals surface area contributed by atoms with E-state index in [9.17, 15) is 27.6 Å². The minimum atomic E-state index is -5.04. The number of benzene rings is 1. The molecule has 182 valence electrons. The van der Waals surface area contributed by atoms with Gasteiger partial charge in [-0.25, -0.2) is 0 Å². The molecule has 1 aromatic carbocycles. The Morgan fingerprint density at radius 1 is 1.15 bits per heavy atom. The second-order valence-electron chi connectivity index (χ2n) is 7.60. The van der Waals surface area contributed by atoms with E-state index in [4.69, 9.17) is 15.9 Å². The van der Waals surface area contributed by atoms with Gasteiger partial charge in [0.25, 0.3) is 0 Å². The van der Waals surface area contributed by atoms with Crippen LogP contribution in [0.4, 0.5) is 13.2 Å². The molecule has 0 aliphatic heterocycles. The number of hydrogen-bond donors (Lipinski definition) is 5. The second-order valence-corrected chi connectivity index (χ2v) is 8.52. The van der Waals surface area contributed by atoms with Crippen molar-refractivity contribution in [2.45, 2.75) is 50.5 Å². The largest absolute Gasteiger partial charge is 0.481 e. The molecular formula is C21H25BrF3N3O5. The monoisotopic (exact) mass is 535 g/mol. The van der Waals surface area contributed by atoms with Crippen LogP contribution in [-0.4, -0.2) is 52.9 Å². The number of carbonyl (C=O) groups excluding carboxylic acids is 2. The van der Waals surface area contributed by atoms with Gasteiger partial charge in [-0.3, -0.25) is 19.7 Å². The average Bonchev–Trinajstić information content (AvgIpc) is 2.68. The van der Waals surface area contributed by atoms with Gasteiger partial charge in [0.15, 0.2) is 0 Å². The molecule has 33 heavy (non-hydrogen) atoms. The van der Waals surface area contributed by atoms with Gasteiger partial charge in [-0.05, 0) is 30.0 Å². The lowest BCUT2D eigenvalue weighted by molar-refractivity contribution is -0.185. The van der Waals surface area contributed by atoms with Gasteiger partial charge in [-0.15, -0.1) is 0 Å². The lowest BCUT2D eigenvalue weighted by Crippen LogP contribution is -2.61. The standard InChI is InChI=1S/C21H25BrF3N3O5/c1-12(2)10-16(19(33)27-15(18(26)32)11-17(30)31)28-20(8-3-9-29,21(23,24)25)13-4-6-14(22)7-5-13/h4-7,12,15-16,28-29H,9-11H2,1-2H3,(H2,26,32)(H,27,33)(H,30,31)/t15-,16-,20-/m0/s1. The normalized spacial score (nSPS) is 15.0. The van der Waals surface area contributed by atoms with Crippen molar-refractivity contribution in [1.29, 1.82) is 0 Å². The SMILES string of the molecule is CC(C)C[C@H](N[C@@](C#CCO)(c1ccc(Br)cc1)C(F)(F)F)C(=O)N[C@@H](CC(=O)O)C(N)=O. The Kier molecular flexibility index (Phi) is 10.3. The number of rotatable bonds is 10. The lowest BCUT2D eigenvalue weighted by Gasteiger charge is -2.36. The summed E-state index contributed by atoms with van der Waals surface area (Å²) in [4.78, 5) is 35.4. The lowest BCUT2D eigenvalue weighted by atomic mass is 9.87. The van der Waals surface area contributed by atoms with Crippen LogP contribution >= 0.6 is 15.9 Å². The molecule has 0 saturated heterocycles. The third-order valence-corrected chi connectivity index (χ3v) is 5.04. The topological polar surface area (TPSA) is 142 Å². The minimum Gasteiger partial charge on any atom is -0.481 e. The summed E-state index contributed by atoms with van der Waals surface area (Å²) in [6.45, 7) is 2.47. The summed E-state index contributed by atoms with van der Waals surface area (Å²) >= 11 is 3.15. The molecule has 0 bridgehead atoms. The highest BCUT2D eigenvalue weighted by Crippen LogP contribution is 2.40. The van der Waals surface area contributed by atoms with Crippen LogP contribution in [0.1, 0.15) is 32.3 Å². The van der Waals surface area contributed by atoms with Gasteiger partial charge in [0.2, 0.25) is 17.4 Å². The molecule has 8 nitrogen and oxygen atoms in total. The summed E-state index contributed by atoms with van der Waals surface area (Å²) in [5, 5.41) is 22.4. The van der Waals surface area contributed by atoms with E-state index >= 15 is 0 Å². The smallest absolute Gasteiger partial charge is 0.422 e. The molecule has 0 spiro atoms. The first-order valence-electron chi connectivity index (χ1n) is 9.76. The molecule has 6 N–H and O–H groups in total. The van der Waals surface area contributed by atoms with Gasteiger partial charge in [0.05, 0.1) is 12.5 Å². The second kappa shape index (κ2) is 12.0. The number of carbonyl (C=O) groups is 3. The van der Waals surface area contributed by atoms with Gasteiger partial charge in [-0.1, -0.05) is 53.8 Å². The van der Waals surface area contributed by atoms with E-state index in [2.05, 4.69) is 26.6 Å². The van der Waals surface area contributed by atoms with Crippen LogP contribution in [0.25, 0.3) is 0 Å². The van der Waals surface area contributed by atoms with Crippen molar-refractivity contribution in [2.75, 3.05) is 6.61 Å². The van der Waals surface area contributed by atoms with Crippen LogP contribution in [0, 0.1) is 17.8 Å². The highest BCUT2D eigenvalue weighted by atomic mass is 79.9. The number of aliphatic hydroxyl groups excluding tert-OH is 1. The minimum absolute atomic E-state index is 0.112. The van der Waals surface area contributed by atoms with Crippen molar-refractivity contribution < 1.29 is 37.8 Å². The van der Waals surface area contributed by atoms with Crippen molar-refractivity contribution in [1.82, 2.24) is 10.6 Å². The molecule has 0 radical (unpaired) electrons. The Morgan fingerprint density at radius 2 is 1.73 bits per heavy atom. The molecule has 0 aliphatic rings. The molecular weight excluding hydrogens is 511 g/mol. The number of alkyl halides is 3. The number of primary amides is 1. The zero-order valence-electron chi connectivity index (χ0n) is 17.9. The van der Waals surface area contributed by atoms with E-state index in [1.807, 2.05) is 11.8 Å². The van der Waals surface area contributed by atoms with Gasteiger partial charge < -0.3 is 21.3 Å². The molecule has 0 heterocycles. The molecule has 0 saturated carbocycles. The highest BCUT2D eigenvalue weighted by molar-refractivity contribution is 9.10. The molecule has 2 amide bonds. The highest BCUT2D eigenvalue weighted by Gasteiger charge is 2.57. The molecule has 3 atom stereocenters. The Labute approximate surface area is 197 Å². The summed E-state index contributed by atoms with van der Waals surface area (Å²) in [5.74, 6) is 0.122. The van der Waals surface area contributed by atoms with Crippen LogP contribution in [0.3, 0.4) is 0 Å². The number of hydrogen-bond acceptors (Lipinski definition) is 5. The third kappa shape index (κ3) is 8.03. The van der Waals surface area contributed by atoms with E-state index in [1.165, 1.54) is 12.1 Å². The number of nitrogens with one attached hydrogen (secondary N) is 2. The van der Waals surface area contributed by atoms with Crippen molar-refractivity contribution in [3.63, 3.8) is 0 Å². The van der Waals surface area contributed by atoms with E-state index in [0.29, 0.717) is 4.47 Å². The Hall–Kier alpha value is -2.62. The van der Waals surface area contributed by atoms with E-state index in [1.54, 1.807) is 13.8 Å². The zero-order chi connectivity index (χ0) is 25.4. The van der Waals surface area contributed by atoms with Gasteiger partial charge >= 0.3 is 12.1 Å². The van der Waals surface area contributed by atoms with E-state index in [-0.39, 0.29) is 17.9 Å². The molecule has 0 unspecified atom stereocenters. The third-order valence-electron chi connectivity index (χ3n) is 4.51. The summed E-state index contributed by atoms with van der Waals surface area (Å²) in [6.07, 6.45) is -5.99.